The number of para-hydroxylation sites is 1. The zero-order valence-corrected chi connectivity index (χ0v) is 18.9. The zero-order valence-electron chi connectivity index (χ0n) is 15.8. The lowest BCUT2D eigenvalue weighted by Crippen LogP contribution is -2.29. The highest BCUT2D eigenvalue weighted by Crippen LogP contribution is 2.29. The summed E-state index contributed by atoms with van der Waals surface area (Å²) < 4.78 is 26.0. The van der Waals surface area contributed by atoms with Gasteiger partial charge in [0.15, 0.2) is 0 Å². The number of halogens is 3. The van der Waals surface area contributed by atoms with E-state index in [0.717, 1.165) is 6.26 Å². The van der Waals surface area contributed by atoms with Crippen molar-refractivity contribution in [2.75, 3.05) is 15.9 Å². The van der Waals surface area contributed by atoms with Crippen molar-refractivity contribution in [1.82, 2.24) is 0 Å². The maximum atomic E-state index is 12.5. The minimum Gasteiger partial charge on any atom is -0.321 e. The van der Waals surface area contributed by atoms with Gasteiger partial charge in [0.05, 0.1) is 29.2 Å². The standard InChI is InChI=1S/C21H17Cl3N2O3S/c1-30(28,29)26(13-16-17(22)6-4-7-18(16)23)15-11-9-14(10-12-15)21(27)25-20-8-3-2-5-19(20)24/h2-12H,13H2,1H3,(H,25,27). The molecule has 0 spiro atoms. The van der Waals surface area contributed by atoms with Gasteiger partial charge in [0, 0.05) is 21.2 Å². The van der Waals surface area contributed by atoms with Crippen LogP contribution >= 0.6 is 34.8 Å². The second kappa shape index (κ2) is 9.27. The van der Waals surface area contributed by atoms with E-state index < -0.39 is 10.0 Å². The molecule has 3 aromatic rings. The van der Waals surface area contributed by atoms with E-state index in [0.29, 0.717) is 37.6 Å². The van der Waals surface area contributed by atoms with Gasteiger partial charge in [0.25, 0.3) is 5.91 Å². The number of hydrogen-bond acceptors (Lipinski definition) is 3. The van der Waals surface area contributed by atoms with Crippen molar-refractivity contribution in [3.05, 3.63) is 92.9 Å². The summed E-state index contributed by atoms with van der Waals surface area (Å²) in [6, 6.07) is 18.0. The summed E-state index contributed by atoms with van der Waals surface area (Å²) in [6.07, 6.45) is 1.09. The van der Waals surface area contributed by atoms with E-state index in [1.807, 2.05) is 0 Å². The summed E-state index contributed by atoms with van der Waals surface area (Å²) >= 11 is 18.5. The fraction of sp³-hybridized carbons (Fsp3) is 0.0952. The van der Waals surface area contributed by atoms with Crippen molar-refractivity contribution in [2.24, 2.45) is 0 Å². The molecule has 1 N–H and O–H groups in total. The van der Waals surface area contributed by atoms with Crippen LogP contribution in [0.5, 0.6) is 0 Å². The summed E-state index contributed by atoms with van der Waals surface area (Å²) in [5, 5.41) is 3.88. The Hall–Kier alpha value is -2.25. The van der Waals surface area contributed by atoms with Crippen LogP contribution in [0.1, 0.15) is 15.9 Å². The van der Waals surface area contributed by atoms with Crippen molar-refractivity contribution in [3.63, 3.8) is 0 Å². The second-order valence-electron chi connectivity index (χ2n) is 6.45. The number of amides is 1. The lowest BCUT2D eigenvalue weighted by Gasteiger charge is -2.23. The number of carbonyl (C=O) groups excluding carboxylic acids is 1. The van der Waals surface area contributed by atoms with Crippen LogP contribution in [0.25, 0.3) is 0 Å². The SMILES string of the molecule is CS(=O)(=O)N(Cc1c(Cl)cccc1Cl)c1ccc(C(=O)Nc2ccccc2Cl)cc1. The first kappa shape index (κ1) is 22.4. The average molecular weight is 484 g/mol. The molecule has 0 saturated carbocycles. The van der Waals surface area contributed by atoms with Crippen molar-refractivity contribution in [1.29, 1.82) is 0 Å². The highest BCUT2D eigenvalue weighted by molar-refractivity contribution is 7.92. The molecule has 3 aromatic carbocycles. The number of hydrogen-bond donors (Lipinski definition) is 1. The van der Waals surface area contributed by atoms with Gasteiger partial charge in [0.2, 0.25) is 10.0 Å². The third-order valence-corrected chi connectivity index (χ3v) is 6.48. The second-order valence-corrected chi connectivity index (χ2v) is 9.58. The Morgan fingerprint density at radius 1 is 0.867 bits per heavy atom. The van der Waals surface area contributed by atoms with Gasteiger partial charge in [-0.25, -0.2) is 8.42 Å². The molecule has 1 amide bonds. The lowest BCUT2D eigenvalue weighted by molar-refractivity contribution is 0.102. The predicted molar refractivity (Wildman–Crippen MR) is 123 cm³/mol. The molecule has 0 fully saturated rings. The number of nitrogens with zero attached hydrogens (tertiary/aromatic N) is 1. The van der Waals surface area contributed by atoms with Gasteiger partial charge in [-0.15, -0.1) is 0 Å². The van der Waals surface area contributed by atoms with Gasteiger partial charge in [-0.3, -0.25) is 9.10 Å². The average Bonchev–Trinajstić information content (AvgIpc) is 2.69. The van der Waals surface area contributed by atoms with Crippen molar-refractivity contribution in [3.8, 4) is 0 Å². The first-order valence-corrected chi connectivity index (χ1v) is 11.7. The normalized spacial score (nSPS) is 11.2. The molecule has 0 aliphatic rings. The number of rotatable bonds is 6. The van der Waals surface area contributed by atoms with E-state index in [9.17, 15) is 13.2 Å². The monoisotopic (exact) mass is 482 g/mol. The Bertz CT molecular complexity index is 1160. The van der Waals surface area contributed by atoms with Crippen LogP contribution in [-0.4, -0.2) is 20.6 Å². The van der Waals surface area contributed by atoms with Crippen molar-refractivity contribution in [2.45, 2.75) is 6.54 Å². The molecule has 0 radical (unpaired) electrons. The molecule has 3 rings (SSSR count). The van der Waals surface area contributed by atoms with Crippen LogP contribution in [-0.2, 0) is 16.6 Å². The fourth-order valence-electron chi connectivity index (χ4n) is 2.76. The number of sulfonamides is 1. The summed E-state index contributed by atoms with van der Waals surface area (Å²) in [6.45, 7) is -0.0392. The van der Waals surface area contributed by atoms with Crippen LogP contribution in [0.2, 0.25) is 15.1 Å². The minimum absolute atomic E-state index is 0.0392. The smallest absolute Gasteiger partial charge is 0.255 e. The third kappa shape index (κ3) is 5.26. The molecule has 0 aliphatic heterocycles. The van der Waals surface area contributed by atoms with E-state index in [1.165, 1.54) is 16.4 Å². The number of carbonyl (C=O) groups is 1. The van der Waals surface area contributed by atoms with Crippen molar-refractivity contribution < 1.29 is 13.2 Å². The molecule has 0 saturated heterocycles. The van der Waals surface area contributed by atoms with E-state index in [-0.39, 0.29) is 12.5 Å². The number of benzene rings is 3. The highest BCUT2D eigenvalue weighted by atomic mass is 35.5. The Kier molecular flexibility index (Phi) is 6.93. The van der Waals surface area contributed by atoms with E-state index in [4.69, 9.17) is 34.8 Å². The summed E-state index contributed by atoms with van der Waals surface area (Å²) in [5.74, 6) is -0.366. The van der Waals surface area contributed by atoms with Crippen LogP contribution in [0.15, 0.2) is 66.7 Å². The molecule has 0 bridgehead atoms. The van der Waals surface area contributed by atoms with E-state index in [2.05, 4.69) is 5.32 Å². The first-order valence-electron chi connectivity index (χ1n) is 8.73. The molecule has 9 heteroatoms. The molecule has 0 unspecified atom stereocenters. The number of anilines is 2. The summed E-state index contributed by atoms with van der Waals surface area (Å²) in [4.78, 5) is 12.5. The summed E-state index contributed by atoms with van der Waals surface area (Å²) in [7, 11) is -3.64. The molecular weight excluding hydrogens is 467 g/mol. The van der Waals surface area contributed by atoms with Gasteiger partial charge in [-0.1, -0.05) is 53.0 Å². The van der Waals surface area contributed by atoms with Gasteiger partial charge < -0.3 is 5.32 Å². The Labute approximate surface area is 190 Å². The van der Waals surface area contributed by atoms with Crippen LogP contribution in [0.4, 0.5) is 11.4 Å². The third-order valence-electron chi connectivity index (χ3n) is 4.30. The van der Waals surface area contributed by atoms with Gasteiger partial charge in [-0.2, -0.15) is 0 Å². The number of nitrogens with one attached hydrogen (secondary N) is 1. The minimum atomic E-state index is -3.64. The maximum Gasteiger partial charge on any atom is 0.255 e. The van der Waals surface area contributed by atoms with Gasteiger partial charge >= 0.3 is 0 Å². The molecule has 30 heavy (non-hydrogen) atoms. The lowest BCUT2D eigenvalue weighted by atomic mass is 10.1. The first-order chi connectivity index (χ1) is 14.2. The molecule has 0 aromatic heterocycles. The quantitative estimate of drug-likeness (QED) is 0.477. The molecule has 0 heterocycles. The van der Waals surface area contributed by atoms with Crippen molar-refractivity contribution >= 4 is 62.1 Å². The summed E-state index contributed by atoms with van der Waals surface area (Å²) in [5.41, 5.74) is 1.71. The van der Waals surface area contributed by atoms with Gasteiger partial charge in [-0.05, 0) is 48.5 Å². The fourth-order valence-corrected chi connectivity index (χ4v) is 4.33. The van der Waals surface area contributed by atoms with Gasteiger partial charge in [0.1, 0.15) is 0 Å². The van der Waals surface area contributed by atoms with Crippen LogP contribution in [0.3, 0.4) is 0 Å². The predicted octanol–water partition coefficient (Wildman–Crippen LogP) is 5.87. The Morgan fingerprint density at radius 3 is 2.00 bits per heavy atom. The largest absolute Gasteiger partial charge is 0.321 e. The Morgan fingerprint density at radius 2 is 1.43 bits per heavy atom. The Balaban J connectivity index is 1.86. The zero-order chi connectivity index (χ0) is 21.9. The molecule has 0 atom stereocenters. The topological polar surface area (TPSA) is 66.5 Å². The van der Waals surface area contributed by atoms with E-state index >= 15 is 0 Å². The van der Waals surface area contributed by atoms with Crippen LogP contribution < -0.4 is 9.62 Å². The maximum absolute atomic E-state index is 12.5. The van der Waals surface area contributed by atoms with E-state index in [1.54, 1.807) is 54.6 Å². The molecule has 5 nitrogen and oxygen atoms in total. The highest BCUT2D eigenvalue weighted by Gasteiger charge is 2.21. The molecule has 0 aliphatic carbocycles. The molecular formula is C21H17Cl3N2O3S. The molecule has 156 valence electrons. The van der Waals surface area contributed by atoms with Crippen LogP contribution in [0, 0.1) is 0 Å².